The Labute approximate surface area is 179 Å². The molecule has 4 aliphatic heterocycles. The van der Waals surface area contributed by atoms with Gasteiger partial charge in [0.15, 0.2) is 0 Å². The Kier molecular flexibility index (Phi) is 22.5. The third-order valence-electron chi connectivity index (χ3n) is 4.83. The van der Waals surface area contributed by atoms with Gasteiger partial charge in [0.2, 0.25) is 0 Å². The van der Waals surface area contributed by atoms with Gasteiger partial charge in [-0.3, -0.25) is 0 Å². The molecule has 4 fully saturated rings. The standard InChI is InChI=1S/4C5H11N.H4O4Si/c4*1-2-4-6-5-3-1;1-5(2,3)4/h4*6H,1-5H2;1-4H. The fourth-order valence-electron chi connectivity index (χ4n) is 3.21. The van der Waals surface area contributed by atoms with E-state index in [-0.39, 0.29) is 0 Å². The van der Waals surface area contributed by atoms with Crippen LogP contribution in [0.25, 0.3) is 0 Å². The van der Waals surface area contributed by atoms with E-state index in [0.29, 0.717) is 0 Å². The van der Waals surface area contributed by atoms with Gasteiger partial charge < -0.3 is 40.4 Å². The third-order valence-corrected chi connectivity index (χ3v) is 4.83. The molecule has 176 valence electrons. The van der Waals surface area contributed by atoms with Crippen molar-refractivity contribution in [3.8, 4) is 0 Å². The van der Waals surface area contributed by atoms with Crippen molar-refractivity contribution >= 4 is 9.05 Å². The zero-order chi connectivity index (χ0) is 21.5. The second kappa shape index (κ2) is 22.6. The quantitative estimate of drug-likeness (QED) is 0.257. The van der Waals surface area contributed by atoms with Gasteiger partial charge in [0, 0.05) is 0 Å². The van der Waals surface area contributed by atoms with Crippen molar-refractivity contribution in [1.29, 1.82) is 0 Å². The first-order valence-electron chi connectivity index (χ1n) is 11.7. The lowest BCUT2D eigenvalue weighted by molar-refractivity contribution is 0.117. The molecule has 0 bridgehead atoms. The van der Waals surface area contributed by atoms with Crippen molar-refractivity contribution in [3.05, 3.63) is 0 Å². The molecule has 4 saturated heterocycles. The van der Waals surface area contributed by atoms with Gasteiger partial charge in [0.05, 0.1) is 0 Å². The average molecular weight is 437 g/mol. The van der Waals surface area contributed by atoms with E-state index >= 15 is 0 Å². The molecular weight excluding hydrogens is 388 g/mol. The topological polar surface area (TPSA) is 129 Å². The first-order chi connectivity index (χ1) is 14.0. The number of hydrogen-bond donors (Lipinski definition) is 8. The smallest absolute Gasteiger partial charge is 0.368 e. The minimum atomic E-state index is -4.61. The van der Waals surface area contributed by atoms with E-state index in [0.717, 1.165) is 0 Å². The highest BCUT2D eigenvalue weighted by molar-refractivity contribution is 6.46. The molecule has 0 spiro atoms. The van der Waals surface area contributed by atoms with Crippen molar-refractivity contribution in [2.45, 2.75) is 77.0 Å². The van der Waals surface area contributed by atoms with E-state index in [1.165, 1.54) is 129 Å². The number of rotatable bonds is 0. The van der Waals surface area contributed by atoms with Crippen molar-refractivity contribution in [2.75, 3.05) is 52.4 Å². The summed E-state index contributed by atoms with van der Waals surface area (Å²) in [5.74, 6) is 0. The molecule has 0 aliphatic carbocycles. The molecule has 9 heteroatoms. The molecular formula is C20H48N4O4Si. The van der Waals surface area contributed by atoms with Gasteiger partial charge >= 0.3 is 9.05 Å². The van der Waals surface area contributed by atoms with Crippen molar-refractivity contribution in [3.63, 3.8) is 0 Å². The summed E-state index contributed by atoms with van der Waals surface area (Å²) in [4.78, 5) is 29.3. The van der Waals surface area contributed by atoms with Crippen LogP contribution in [0.3, 0.4) is 0 Å². The predicted molar refractivity (Wildman–Crippen MR) is 122 cm³/mol. The van der Waals surface area contributed by atoms with Gasteiger partial charge in [-0.05, 0) is 104 Å². The van der Waals surface area contributed by atoms with Crippen LogP contribution in [0, 0.1) is 0 Å². The summed E-state index contributed by atoms with van der Waals surface area (Å²) in [5.41, 5.74) is 0. The van der Waals surface area contributed by atoms with Gasteiger partial charge in [0.1, 0.15) is 0 Å². The Balaban J connectivity index is 0.000000339. The molecule has 4 heterocycles. The Hall–Kier alpha value is -0.103. The lowest BCUT2D eigenvalue weighted by atomic mass is 10.2. The van der Waals surface area contributed by atoms with Crippen LogP contribution in [-0.4, -0.2) is 80.6 Å². The van der Waals surface area contributed by atoms with Crippen LogP contribution in [0.5, 0.6) is 0 Å². The maximum Gasteiger partial charge on any atom is 0.668 e. The highest BCUT2D eigenvalue weighted by Gasteiger charge is 2.22. The molecule has 4 aliphatic rings. The highest BCUT2D eigenvalue weighted by Crippen LogP contribution is 1.98. The molecule has 0 aromatic rings. The summed E-state index contributed by atoms with van der Waals surface area (Å²) in [5, 5.41) is 13.1. The molecule has 0 unspecified atom stereocenters. The Bertz CT molecular complexity index is 207. The summed E-state index contributed by atoms with van der Waals surface area (Å²) in [6, 6.07) is 0. The van der Waals surface area contributed by atoms with E-state index in [1.54, 1.807) is 0 Å². The van der Waals surface area contributed by atoms with Crippen molar-refractivity contribution in [1.82, 2.24) is 21.3 Å². The molecule has 29 heavy (non-hydrogen) atoms. The molecule has 0 radical (unpaired) electrons. The minimum absolute atomic E-state index is 1.25. The number of piperidine rings is 4. The molecule has 0 amide bonds. The van der Waals surface area contributed by atoms with Crippen molar-refractivity contribution in [2.24, 2.45) is 0 Å². The van der Waals surface area contributed by atoms with E-state index < -0.39 is 9.05 Å². The molecule has 8 nitrogen and oxygen atoms in total. The fourth-order valence-corrected chi connectivity index (χ4v) is 3.21. The molecule has 4 rings (SSSR count). The first-order valence-corrected chi connectivity index (χ1v) is 13.5. The fraction of sp³-hybridized carbons (Fsp3) is 1.00. The van der Waals surface area contributed by atoms with E-state index in [9.17, 15) is 0 Å². The summed E-state index contributed by atoms with van der Waals surface area (Å²) in [7, 11) is -4.61. The summed E-state index contributed by atoms with van der Waals surface area (Å²) < 4.78 is 0. The maximum absolute atomic E-state index is 7.33. The first kappa shape index (κ1) is 28.9. The van der Waals surface area contributed by atoms with E-state index in [2.05, 4.69) is 21.3 Å². The molecule has 0 aromatic heterocycles. The zero-order valence-corrected chi connectivity index (χ0v) is 19.4. The molecule has 0 atom stereocenters. The van der Waals surface area contributed by atoms with Gasteiger partial charge in [-0.25, -0.2) is 0 Å². The summed E-state index contributed by atoms with van der Waals surface area (Å²) >= 11 is 0. The molecule has 0 aromatic carbocycles. The largest absolute Gasteiger partial charge is 0.668 e. The van der Waals surface area contributed by atoms with Crippen LogP contribution >= 0.6 is 0 Å². The molecule has 0 saturated carbocycles. The summed E-state index contributed by atoms with van der Waals surface area (Å²) in [6.45, 7) is 10.0. The van der Waals surface area contributed by atoms with Crippen LogP contribution in [0.15, 0.2) is 0 Å². The van der Waals surface area contributed by atoms with Crippen LogP contribution in [0.1, 0.15) is 77.0 Å². The van der Waals surface area contributed by atoms with Crippen molar-refractivity contribution < 1.29 is 19.2 Å². The monoisotopic (exact) mass is 436 g/mol. The van der Waals surface area contributed by atoms with Gasteiger partial charge in [0.25, 0.3) is 0 Å². The van der Waals surface area contributed by atoms with Crippen LogP contribution < -0.4 is 21.3 Å². The Morgan fingerprint density at radius 2 is 0.448 bits per heavy atom. The third kappa shape index (κ3) is 32.8. The van der Waals surface area contributed by atoms with E-state index in [4.69, 9.17) is 19.2 Å². The Morgan fingerprint density at radius 3 is 0.483 bits per heavy atom. The second-order valence-electron chi connectivity index (χ2n) is 7.84. The highest BCUT2D eigenvalue weighted by atomic mass is 28.4. The SMILES string of the molecule is C1CCNCC1.C1CCNCC1.C1CCNCC1.C1CCNCC1.O[Si](O)(O)O. The van der Waals surface area contributed by atoms with Crippen LogP contribution in [0.2, 0.25) is 0 Å². The van der Waals surface area contributed by atoms with Gasteiger partial charge in [-0.1, -0.05) is 25.7 Å². The number of nitrogens with one attached hydrogen (secondary N) is 4. The van der Waals surface area contributed by atoms with Gasteiger partial charge in [-0.2, -0.15) is 0 Å². The maximum atomic E-state index is 7.33. The van der Waals surface area contributed by atoms with Crippen LogP contribution in [-0.2, 0) is 0 Å². The minimum Gasteiger partial charge on any atom is -0.368 e. The average Bonchev–Trinajstić information content (AvgIpc) is 2.79. The number of hydrogen-bond acceptors (Lipinski definition) is 8. The summed E-state index contributed by atoms with van der Waals surface area (Å²) in [6.07, 6.45) is 16.9. The van der Waals surface area contributed by atoms with E-state index in [1.807, 2.05) is 0 Å². The van der Waals surface area contributed by atoms with Crippen LogP contribution in [0.4, 0.5) is 0 Å². The predicted octanol–water partition coefficient (Wildman–Crippen LogP) is 0.431. The molecule has 8 N–H and O–H groups in total. The lowest BCUT2D eigenvalue weighted by Crippen LogP contribution is -2.33. The lowest BCUT2D eigenvalue weighted by Gasteiger charge is -2.08. The zero-order valence-electron chi connectivity index (χ0n) is 18.4. The van der Waals surface area contributed by atoms with Gasteiger partial charge in [-0.15, -0.1) is 0 Å². The normalized spacial score (nSPS) is 21.9. The Morgan fingerprint density at radius 1 is 0.310 bits per heavy atom. The second-order valence-corrected chi connectivity index (χ2v) is 9.04.